The summed E-state index contributed by atoms with van der Waals surface area (Å²) in [5.74, 6) is -4.16. The number of nitrogens with two attached hydrogens (primary N) is 1. The molecule has 3 aromatic rings. The fourth-order valence-corrected chi connectivity index (χ4v) is 4.72. The Bertz CT molecular complexity index is 1620. The number of carbonyl (C=O) groups is 5. The second-order valence-corrected chi connectivity index (χ2v) is 12.2. The van der Waals surface area contributed by atoms with Gasteiger partial charge < -0.3 is 21.3 Å². The van der Waals surface area contributed by atoms with Crippen molar-refractivity contribution in [2.45, 2.75) is 56.8 Å². The number of carbonyl (C=O) groups excluding carboxylic acids is 5. The maximum absolute atomic E-state index is 13.3. The van der Waals surface area contributed by atoms with E-state index in [4.69, 9.17) is 5.14 Å². The van der Waals surface area contributed by atoms with E-state index in [1.807, 2.05) is 6.07 Å². The van der Waals surface area contributed by atoms with Crippen LogP contribution < -0.4 is 26.4 Å². The Kier molecular flexibility index (Phi) is 12.0. The van der Waals surface area contributed by atoms with Crippen LogP contribution >= 0.6 is 0 Å². The van der Waals surface area contributed by atoms with E-state index in [0.29, 0.717) is 11.1 Å². The van der Waals surface area contributed by atoms with E-state index in [0.717, 1.165) is 5.56 Å². The topological polar surface area (TPSA) is 207 Å². The molecule has 3 atom stereocenters. The Morgan fingerprint density at radius 1 is 0.778 bits per heavy atom. The van der Waals surface area contributed by atoms with Crippen molar-refractivity contribution in [1.29, 1.82) is 0 Å². The maximum Gasteiger partial charge on any atom is 0.289 e. The smallest absolute Gasteiger partial charge is 0.289 e. The molecule has 3 rings (SSSR count). The quantitative estimate of drug-likeness (QED) is 0.158. The Hall–Kier alpha value is -4.95. The van der Waals surface area contributed by atoms with Gasteiger partial charge in [-0.15, -0.1) is 0 Å². The van der Waals surface area contributed by atoms with E-state index in [1.165, 1.54) is 55.7 Å². The third-order valence-corrected chi connectivity index (χ3v) is 7.70. The number of ketones is 1. The fourth-order valence-electron chi connectivity index (χ4n) is 4.20. The van der Waals surface area contributed by atoms with Crippen molar-refractivity contribution >= 4 is 39.4 Å². The molecule has 0 aliphatic heterocycles. The monoisotopic (exact) mass is 636 g/mol. The molecular formula is C31H36N6O7S. The number of aromatic nitrogens is 1. The highest BCUT2D eigenvalue weighted by molar-refractivity contribution is 7.89. The molecule has 0 fully saturated rings. The zero-order valence-corrected chi connectivity index (χ0v) is 25.8. The highest BCUT2D eigenvalue weighted by atomic mass is 32.2. The number of amides is 4. The van der Waals surface area contributed by atoms with Crippen molar-refractivity contribution in [2.24, 2.45) is 11.1 Å². The van der Waals surface area contributed by atoms with E-state index in [9.17, 15) is 32.4 Å². The summed E-state index contributed by atoms with van der Waals surface area (Å²) in [5.41, 5.74) is 1.60. The Labute approximate surface area is 261 Å². The molecule has 0 aliphatic carbocycles. The lowest BCUT2D eigenvalue weighted by Gasteiger charge is -2.25. The summed E-state index contributed by atoms with van der Waals surface area (Å²) in [6, 6.07) is 14.1. The maximum atomic E-state index is 13.3. The van der Waals surface area contributed by atoms with Crippen molar-refractivity contribution in [3.63, 3.8) is 0 Å². The number of rotatable bonds is 14. The summed E-state index contributed by atoms with van der Waals surface area (Å²) in [6.07, 6.45) is 3.05. The van der Waals surface area contributed by atoms with Gasteiger partial charge in [0, 0.05) is 30.9 Å². The van der Waals surface area contributed by atoms with Crippen LogP contribution in [-0.4, -0.2) is 60.9 Å². The number of nitrogens with one attached hydrogen (secondary N) is 4. The van der Waals surface area contributed by atoms with Gasteiger partial charge in [0.05, 0.1) is 10.9 Å². The van der Waals surface area contributed by atoms with Gasteiger partial charge in [-0.1, -0.05) is 56.3 Å². The fraction of sp³-hybridized carbons (Fsp3) is 0.290. The number of pyridine rings is 1. The van der Waals surface area contributed by atoms with Gasteiger partial charge in [0.15, 0.2) is 0 Å². The molecule has 0 saturated heterocycles. The van der Waals surface area contributed by atoms with E-state index in [2.05, 4.69) is 26.3 Å². The molecule has 0 unspecified atom stereocenters. The van der Waals surface area contributed by atoms with Crippen LogP contribution in [0.1, 0.15) is 42.3 Å². The molecule has 0 aliphatic rings. The lowest BCUT2D eigenvalue weighted by Crippen LogP contribution is -2.57. The van der Waals surface area contributed by atoms with Crippen molar-refractivity contribution < 1.29 is 32.4 Å². The number of primary sulfonamides is 1. The first-order chi connectivity index (χ1) is 21.3. The lowest BCUT2D eigenvalue weighted by molar-refractivity contribution is -0.141. The molecule has 4 amide bonds. The third kappa shape index (κ3) is 10.3. The normalized spacial score (nSPS) is 13.2. The molecule has 238 valence electrons. The van der Waals surface area contributed by atoms with E-state index in [-0.39, 0.29) is 17.9 Å². The molecule has 1 aromatic heterocycles. The highest BCUT2D eigenvalue weighted by Gasteiger charge is 2.32. The summed E-state index contributed by atoms with van der Waals surface area (Å²) in [4.78, 5) is 68.6. The van der Waals surface area contributed by atoms with Crippen LogP contribution in [0.25, 0.3) is 0 Å². The molecule has 6 N–H and O–H groups in total. The lowest BCUT2D eigenvalue weighted by atomic mass is 9.98. The third-order valence-electron chi connectivity index (χ3n) is 6.77. The van der Waals surface area contributed by atoms with Crippen molar-refractivity contribution in [2.75, 3.05) is 0 Å². The predicted molar refractivity (Wildman–Crippen MR) is 165 cm³/mol. The van der Waals surface area contributed by atoms with E-state index < -0.39 is 63.5 Å². The molecule has 14 heteroatoms. The van der Waals surface area contributed by atoms with Crippen molar-refractivity contribution in [3.05, 3.63) is 95.8 Å². The van der Waals surface area contributed by atoms with Gasteiger partial charge in [0.2, 0.25) is 27.6 Å². The van der Waals surface area contributed by atoms with Gasteiger partial charge >= 0.3 is 0 Å². The molecule has 0 saturated carbocycles. The minimum Gasteiger partial charge on any atom is -0.345 e. The first kappa shape index (κ1) is 34.5. The highest BCUT2D eigenvalue weighted by Crippen LogP contribution is 2.10. The number of hydrogen-bond acceptors (Lipinski definition) is 8. The molecule has 1 heterocycles. The molecule has 13 nitrogen and oxygen atoms in total. The summed E-state index contributed by atoms with van der Waals surface area (Å²) < 4.78 is 22.8. The van der Waals surface area contributed by atoms with Gasteiger partial charge in [-0.3, -0.25) is 29.0 Å². The van der Waals surface area contributed by atoms with Gasteiger partial charge in [0.1, 0.15) is 12.1 Å². The number of hydrogen-bond donors (Lipinski definition) is 5. The van der Waals surface area contributed by atoms with Crippen molar-refractivity contribution in [1.82, 2.24) is 26.3 Å². The number of benzene rings is 2. The van der Waals surface area contributed by atoms with Crippen LogP contribution in [0.4, 0.5) is 0 Å². The molecular weight excluding hydrogens is 600 g/mol. The largest absolute Gasteiger partial charge is 0.345 e. The average Bonchev–Trinajstić information content (AvgIpc) is 3.02. The van der Waals surface area contributed by atoms with E-state index in [1.54, 1.807) is 38.1 Å². The number of sulfonamides is 1. The summed E-state index contributed by atoms with van der Waals surface area (Å²) >= 11 is 0. The molecule has 0 radical (unpaired) electrons. The number of Topliss-reactive ketones (excluding diaryl/α,β-unsaturated/α-hetero) is 1. The van der Waals surface area contributed by atoms with Crippen LogP contribution in [-0.2, 0) is 42.2 Å². The summed E-state index contributed by atoms with van der Waals surface area (Å²) in [7, 11) is -3.88. The number of nitrogens with zero attached hydrogens (tertiary/aromatic N) is 1. The van der Waals surface area contributed by atoms with Gasteiger partial charge in [-0.05, 0) is 48.2 Å². The Balaban J connectivity index is 1.63. The van der Waals surface area contributed by atoms with Crippen LogP contribution in [0.2, 0.25) is 0 Å². The minimum atomic E-state index is -3.88. The summed E-state index contributed by atoms with van der Waals surface area (Å²) in [6.45, 7) is 4.64. The zero-order chi connectivity index (χ0) is 33.1. The van der Waals surface area contributed by atoms with Crippen LogP contribution in [0.5, 0.6) is 0 Å². The van der Waals surface area contributed by atoms with Gasteiger partial charge in [0.25, 0.3) is 11.8 Å². The van der Waals surface area contributed by atoms with Crippen molar-refractivity contribution in [3.8, 4) is 0 Å². The second-order valence-electron chi connectivity index (χ2n) is 10.6. The van der Waals surface area contributed by atoms with Gasteiger partial charge in [-0.2, -0.15) is 0 Å². The zero-order valence-electron chi connectivity index (χ0n) is 25.0. The average molecular weight is 637 g/mol. The summed E-state index contributed by atoms with van der Waals surface area (Å²) in [5, 5.41) is 15.4. The SMILES string of the molecule is CC(C)[C@H](NC(=O)[C@H](C)NC(=O)[C@H](Cc1ccccc1)NC(=O)c1ccncc1)C(=O)C(=O)NCc1ccc(S(N)(=O)=O)cc1. The van der Waals surface area contributed by atoms with E-state index >= 15 is 0 Å². The molecule has 2 aromatic carbocycles. The van der Waals surface area contributed by atoms with Crippen LogP contribution in [0, 0.1) is 5.92 Å². The minimum absolute atomic E-state index is 0.0747. The standard InChI is InChI=1S/C31H36N6O7S/c1-19(2)26(27(38)31(42)34-18-22-9-11-24(12-10-22)45(32,43)44)37-28(39)20(3)35-30(41)25(17-21-7-5-4-6-8-21)36-29(40)23-13-15-33-16-14-23/h4-16,19-20,25-26H,17-18H2,1-3H3,(H,34,42)(H,35,41)(H,36,40)(H,37,39)(H2,32,43,44)/t20-,25-,26-/m0/s1. The Morgan fingerprint density at radius 2 is 1.40 bits per heavy atom. The van der Waals surface area contributed by atoms with Gasteiger partial charge in [-0.25, -0.2) is 13.6 Å². The Morgan fingerprint density at radius 3 is 1.98 bits per heavy atom. The van der Waals surface area contributed by atoms with Crippen LogP contribution in [0.15, 0.2) is 84.0 Å². The first-order valence-electron chi connectivity index (χ1n) is 14.1. The molecule has 45 heavy (non-hydrogen) atoms. The molecule has 0 spiro atoms. The van der Waals surface area contributed by atoms with Crippen LogP contribution in [0.3, 0.4) is 0 Å². The predicted octanol–water partition coefficient (Wildman–Crippen LogP) is 0.601. The molecule has 0 bridgehead atoms. The second kappa shape index (κ2) is 15.7. The first-order valence-corrected chi connectivity index (χ1v) is 15.6.